The molecular formula is C19H13Cl3N2O3S. The molecule has 0 fully saturated rings. The Morgan fingerprint density at radius 3 is 2.04 bits per heavy atom. The Labute approximate surface area is 177 Å². The van der Waals surface area contributed by atoms with Gasteiger partial charge in [0.25, 0.3) is 15.9 Å². The Hall–Kier alpha value is -2.25. The second kappa shape index (κ2) is 8.41. The fourth-order valence-corrected chi connectivity index (χ4v) is 3.98. The molecule has 1 amide bonds. The van der Waals surface area contributed by atoms with Gasteiger partial charge in [-0.25, -0.2) is 8.42 Å². The van der Waals surface area contributed by atoms with Gasteiger partial charge in [-0.2, -0.15) is 0 Å². The van der Waals surface area contributed by atoms with Crippen LogP contribution in [0.25, 0.3) is 0 Å². The summed E-state index contributed by atoms with van der Waals surface area (Å²) in [7, 11) is -3.76. The molecule has 5 nitrogen and oxygen atoms in total. The fraction of sp³-hybridized carbons (Fsp3) is 0. The maximum atomic E-state index is 12.4. The number of hydrogen-bond donors (Lipinski definition) is 2. The van der Waals surface area contributed by atoms with Crippen LogP contribution in [0.3, 0.4) is 0 Å². The van der Waals surface area contributed by atoms with Crippen LogP contribution in [0.2, 0.25) is 15.1 Å². The molecule has 0 saturated heterocycles. The van der Waals surface area contributed by atoms with Gasteiger partial charge in [0.15, 0.2) is 0 Å². The number of nitrogens with one attached hydrogen (secondary N) is 2. The summed E-state index contributed by atoms with van der Waals surface area (Å²) in [4.78, 5) is 12.6. The molecule has 144 valence electrons. The van der Waals surface area contributed by atoms with E-state index in [1.165, 1.54) is 36.4 Å². The van der Waals surface area contributed by atoms with E-state index in [2.05, 4.69) is 10.0 Å². The van der Waals surface area contributed by atoms with E-state index in [0.717, 1.165) is 0 Å². The van der Waals surface area contributed by atoms with Crippen molar-refractivity contribution in [3.63, 3.8) is 0 Å². The lowest BCUT2D eigenvalue weighted by Crippen LogP contribution is -2.14. The summed E-state index contributed by atoms with van der Waals surface area (Å²) in [6.45, 7) is 0. The van der Waals surface area contributed by atoms with Crippen molar-refractivity contribution >= 4 is 62.1 Å². The predicted molar refractivity (Wildman–Crippen MR) is 113 cm³/mol. The predicted octanol–water partition coefficient (Wildman–Crippen LogP) is 5.70. The van der Waals surface area contributed by atoms with E-state index in [-0.39, 0.29) is 21.2 Å². The van der Waals surface area contributed by atoms with Gasteiger partial charge in [0.2, 0.25) is 0 Å². The van der Waals surface area contributed by atoms with Crippen molar-refractivity contribution in [1.82, 2.24) is 0 Å². The molecule has 3 aromatic rings. The zero-order valence-electron chi connectivity index (χ0n) is 14.1. The van der Waals surface area contributed by atoms with Crippen LogP contribution >= 0.6 is 34.8 Å². The highest BCUT2D eigenvalue weighted by Gasteiger charge is 2.16. The molecular weight excluding hydrogens is 443 g/mol. The highest BCUT2D eigenvalue weighted by molar-refractivity contribution is 7.92. The smallest absolute Gasteiger partial charge is 0.261 e. The summed E-state index contributed by atoms with van der Waals surface area (Å²) in [5.41, 5.74) is 0.861. The number of hydrogen-bond acceptors (Lipinski definition) is 3. The van der Waals surface area contributed by atoms with E-state index < -0.39 is 15.9 Å². The number of anilines is 2. The van der Waals surface area contributed by atoms with Crippen LogP contribution in [0.15, 0.2) is 71.6 Å². The van der Waals surface area contributed by atoms with Gasteiger partial charge in [-0.15, -0.1) is 0 Å². The largest absolute Gasteiger partial charge is 0.322 e. The topological polar surface area (TPSA) is 75.3 Å². The van der Waals surface area contributed by atoms with Gasteiger partial charge in [0.05, 0.1) is 31.2 Å². The molecule has 0 aliphatic heterocycles. The lowest BCUT2D eigenvalue weighted by Gasteiger charge is -2.11. The van der Waals surface area contributed by atoms with Crippen LogP contribution in [-0.2, 0) is 10.0 Å². The van der Waals surface area contributed by atoms with E-state index in [0.29, 0.717) is 15.7 Å². The van der Waals surface area contributed by atoms with Crippen LogP contribution in [-0.4, -0.2) is 14.3 Å². The van der Waals surface area contributed by atoms with Crippen LogP contribution < -0.4 is 10.0 Å². The monoisotopic (exact) mass is 454 g/mol. The molecule has 0 atom stereocenters. The van der Waals surface area contributed by atoms with E-state index in [1.54, 1.807) is 30.3 Å². The first-order valence-corrected chi connectivity index (χ1v) is 10.5. The molecule has 0 radical (unpaired) electrons. The molecule has 0 unspecified atom stereocenters. The quantitative estimate of drug-likeness (QED) is 0.518. The maximum Gasteiger partial charge on any atom is 0.261 e. The number of carbonyl (C=O) groups is 1. The Bertz CT molecular complexity index is 1140. The molecule has 2 N–H and O–H groups in total. The van der Waals surface area contributed by atoms with Gasteiger partial charge < -0.3 is 5.32 Å². The van der Waals surface area contributed by atoms with Gasteiger partial charge in [-0.1, -0.05) is 53.0 Å². The first kappa shape index (κ1) is 20.5. The third-order valence-electron chi connectivity index (χ3n) is 3.70. The minimum Gasteiger partial charge on any atom is -0.322 e. The highest BCUT2D eigenvalue weighted by atomic mass is 35.5. The Kier molecular flexibility index (Phi) is 6.15. The molecule has 0 aromatic heterocycles. The molecule has 3 aromatic carbocycles. The molecule has 0 spiro atoms. The van der Waals surface area contributed by atoms with Crippen molar-refractivity contribution < 1.29 is 13.2 Å². The second-order valence-electron chi connectivity index (χ2n) is 5.70. The lowest BCUT2D eigenvalue weighted by molar-refractivity contribution is 0.102. The van der Waals surface area contributed by atoms with Crippen molar-refractivity contribution in [2.75, 3.05) is 10.0 Å². The zero-order valence-corrected chi connectivity index (χ0v) is 17.2. The maximum absolute atomic E-state index is 12.4. The number of carbonyl (C=O) groups excluding carboxylic acids is 1. The molecule has 0 saturated carbocycles. The van der Waals surface area contributed by atoms with Crippen molar-refractivity contribution in [2.24, 2.45) is 0 Å². The van der Waals surface area contributed by atoms with E-state index >= 15 is 0 Å². The first-order valence-electron chi connectivity index (χ1n) is 7.90. The van der Waals surface area contributed by atoms with Crippen LogP contribution in [0, 0.1) is 0 Å². The van der Waals surface area contributed by atoms with E-state index in [9.17, 15) is 13.2 Å². The average molecular weight is 456 g/mol. The van der Waals surface area contributed by atoms with Gasteiger partial charge >= 0.3 is 0 Å². The fourth-order valence-electron chi connectivity index (χ4n) is 2.35. The molecule has 3 rings (SSSR count). The van der Waals surface area contributed by atoms with Gasteiger partial charge in [-0.3, -0.25) is 9.52 Å². The summed E-state index contributed by atoms with van der Waals surface area (Å²) >= 11 is 18.0. The Balaban J connectivity index is 1.78. The normalized spacial score (nSPS) is 11.1. The summed E-state index contributed by atoms with van der Waals surface area (Å²) in [6, 6.07) is 16.8. The van der Waals surface area contributed by atoms with Crippen molar-refractivity contribution in [3.8, 4) is 0 Å². The van der Waals surface area contributed by atoms with E-state index in [1.807, 2.05) is 0 Å². The molecule has 28 heavy (non-hydrogen) atoms. The minimum absolute atomic E-state index is 0.0887. The summed E-state index contributed by atoms with van der Waals surface area (Å²) < 4.78 is 27.2. The van der Waals surface area contributed by atoms with Gasteiger partial charge in [0, 0.05) is 5.69 Å². The molecule has 0 aliphatic carbocycles. The number of amides is 1. The minimum atomic E-state index is -3.76. The molecule has 0 bridgehead atoms. The average Bonchev–Trinajstić information content (AvgIpc) is 2.65. The third kappa shape index (κ3) is 4.77. The van der Waals surface area contributed by atoms with Crippen LogP contribution in [0.4, 0.5) is 11.4 Å². The van der Waals surface area contributed by atoms with Crippen molar-refractivity contribution in [1.29, 1.82) is 0 Å². The third-order valence-corrected chi connectivity index (χ3v) is 6.15. The Morgan fingerprint density at radius 1 is 0.750 bits per heavy atom. The molecule has 0 aliphatic rings. The second-order valence-corrected chi connectivity index (χ2v) is 8.60. The number of rotatable bonds is 5. The van der Waals surface area contributed by atoms with Gasteiger partial charge in [0.1, 0.15) is 0 Å². The SMILES string of the molecule is O=C(Nc1ccc(Cl)c(Cl)c1)c1ccc(NS(=O)(=O)c2ccccc2)cc1Cl. The van der Waals surface area contributed by atoms with Crippen LogP contribution in [0.5, 0.6) is 0 Å². The number of halogens is 3. The number of benzene rings is 3. The van der Waals surface area contributed by atoms with Crippen molar-refractivity contribution in [2.45, 2.75) is 4.90 Å². The lowest BCUT2D eigenvalue weighted by atomic mass is 10.2. The summed E-state index contributed by atoms with van der Waals surface area (Å²) in [5, 5.41) is 3.41. The van der Waals surface area contributed by atoms with Gasteiger partial charge in [-0.05, 0) is 48.5 Å². The highest BCUT2D eigenvalue weighted by Crippen LogP contribution is 2.27. The Morgan fingerprint density at radius 2 is 1.39 bits per heavy atom. The van der Waals surface area contributed by atoms with Crippen LogP contribution in [0.1, 0.15) is 10.4 Å². The zero-order chi connectivity index (χ0) is 20.3. The first-order chi connectivity index (χ1) is 13.3. The van der Waals surface area contributed by atoms with E-state index in [4.69, 9.17) is 34.8 Å². The van der Waals surface area contributed by atoms with Crippen molar-refractivity contribution in [3.05, 3.63) is 87.4 Å². The standard InChI is InChI=1S/C19H13Cl3N2O3S/c20-16-9-7-12(10-18(16)22)23-19(25)15-8-6-13(11-17(15)21)24-28(26,27)14-4-2-1-3-5-14/h1-11,24H,(H,23,25). The summed E-state index contributed by atoms with van der Waals surface area (Å²) in [5.74, 6) is -0.471. The molecule has 0 heterocycles. The number of sulfonamides is 1. The summed E-state index contributed by atoms with van der Waals surface area (Å²) in [6.07, 6.45) is 0. The molecule has 9 heteroatoms.